The number of benzene rings is 2. The molecule has 0 unspecified atom stereocenters. The molecule has 1 aromatic heterocycles. The zero-order chi connectivity index (χ0) is 17.3. The topological polar surface area (TPSA) is 61.6 Å². The van der Waals surface area contributed by atoms with E-state index in [1.54, 1.807) is 6.07 Å². The Bertz CT molecular complexity index is 917. The van der Waals surface area contributed by atoms with Gasteiger partial charge in [0.1, 0.15) is 10.7 Å². The molecule has 6 heteroatoms. The summed E-state index contributed by atoms with van der Waals surface area (Å²) in [5.74, 6) is -0.342. The Morgan fingerprint density at radius 2 is 2.08 bits per heavy atom. The lowest BCUT2D eigenvalue weighted by molar-refractivity contribution is -0.210. The van der Waals surface area contributed by atoms with Crippen molar-refractivity contribution in [3.8, 4) is 17.0 Å². The number of aromatic nitrogens is 1. The fraction of sp³-hybridized carbons (Fsp3) is 0.222. The molecule has 0 aliphatic carbocycles. The van der Waals surface area contributed by atoms with E-state index in [9.17, 15) is 4.79 Å². The summed E-state index contributed by atoms with van der Waals surface area (Å²) in [6, 6.07) is 9.67. The molecule has 0 spiro atoms. The van der Waals surface area contributed by atoms with Gasteiger partial charge in [0.15, 0.2) is 5.58 Å². The number of nitrogens with zero attached hydrogens (tertiary/aromatic N) is 1. The SMILES string of the molecule is CCc1cc(OOC(C)=O)c(Cl)c2onc(-c3ccccc3C)c12. The van der Waals surface area contributed by atoms with Crippen molar-refractivity contribution in [1.82, 2.24) is 5.16 Å². The molecule has 0 aliphatic rings. The zero-order valence-electron chi connectivity index (χ0n) is 13.6. The van der Waals surface area contributed by atoms with E-state index in [0.717, 1.165) is 27.8 Å². The smallest absolute Gasteiger partial charge is 0.352 e. The number of hydrogen-bond acceptors (Lipinski definition) is 5. The average molecular weight is 346 g/mol. The van der Waals surface area contributed by atoms with Gasteiger partial charge in [-0.2, -0.15) is 0 Å². The van der Waals surface area contributed by atoms with E-state index >= 15 is 0 Å². The van der Waals surface area contributed by atoms with E-state index < -0.39 is 5.97 Å². The number of hydrogen-bond donors (Lipinski definition) is 0. The van der Waals surface area contributed by atoms with Crippen molar-refractivity contribution in [2.75, 3.05) is 0 Å². The highest BCUT2D eigenvalue weighted by Crippen LogP contribution is 2.41. The second kappa shape index (κ2) is 6.53. The van der Waals surface area contributed by atoms with Gasteiger partial charge < -0.3 is 4.52 Å². The van der Waals surface area contributed by atoms with Crippen LogP contribution >= 0.6 is 11.6 Å². The van der Waals surface area contributed by atoms with Gasteiger partial charge in [0.05, 0.1) is 5.39 Å². The van der Waals surface area contributed by atoms with Crippen molar-refractivity contribution < 1.29 is 19.1 Å². The second-order valence-electron chi connectivity index (χ2n) is 5.41. The molecule has 0 N–H and O–H groups in total. The van der Waals surface area contributed by atoms with Crippen molar-refractivity contribution in [1.29, 1.82) is 0 Å². The molecule has 0 amide bonds. The number of halogens is 1. The molecular weight excluding hydrogens is 330 g/mol. The van der Waals surface area contributed by atoms with E-state index in [1.807, 2.05) is 38.1 Å². The van der Waals surface area contributed by atoms with Gasteiger partial charge in [-0.25, -0.2) is 4.79 Å². The van der Waals surface area contributed by atoms with Gasteiger partial charge in [-0.3, -0.25) is 9.78 Å². The summed E-state index contributed by atoms with van der Waals surface area (Å²) < 4.78 is 5.48. The highest BCUT2D eigenvalue weighted by molar-refractivity contribution is 6.36. The van der Waals surface area contributed by atoms with Crippen LogP contribution in [0.3, 0.4) is 0 Å². The van der Waals surface area contributed by atoms with Crippen LogP contribution in [0.5, 0.6) is 5.75 Å². The number of aryl methyl sites for hydroxylation is 2. The third kappa shape index (κ3) is 2.83. The molecule has 24 heavy (non-hydrogen) atoms. The second-order valence-corrected chi connectivity index (χ2v) is 5.79. The van der Waals surface area contributed by atoms with E-state index in [-0.39, 0.29) is 10.8 Å². The third-order valence-corrected chi connectivity index (χ3v) is 4.12. The largest absolute Gasteiger partial charge is 0.354 e. The minimum Gasteiger partial charge on any atom is -0.354 e. The first kappa shape index (κ1) is 16.3. The molecule has 124 valence electrons. The Balaban J connectivity index is 2.20. The van der Waals surface area contributed by atoms with E-state index in [2.05, 4.69) is 10.0 Å². The van der Waals surface area contributed by atoms with Crippen LogP contribution in [0, 0.1) is 6.92 Å². The number of rotatable bonds is 4. The van der Waals surface area contributed by atoms with Crippen LogP contribution in [-0.2, 0) is 16.1 Å². The van der Waals surface area contributed by atoms with Crippen LogP contribution in [0.4, 0.5) is 0 Å². The molecular formula is C18H16ClNO4. The van der Waals surface area contributed by atoms with Crippen LogP contribution in [-0.4, -0.2) is 11.1 Å². The number of carbonyl (C=O) groups excluding carboxylic acids is 1. The van der Waals surface area contributed by atoms with Gasteiger partial charge in [0.2, 0.25) is 5.75 Å². The van der Waals surface area contributed by atoms with Crippen molar-refractivity contribution in [2.24, 2.45) is 0 Å². The van der Waals surface area contributed by atoms with Gasteiger partial charge in [-0.15, -0.1) is 0 Å². The summed E-state index contributed by atoms with van der Waals surface area (Å²) in [7, 11) is 0. The first-order valence-electron chi connectivity index (χ1n) is 7.54. The molecule has 0 radical (unpaired) electrons. The zero-order valence-corrected chi connectivity index (χ0v) is 14.3. The summed E-state index contributed by atoms with van der Waals surface area (Å²) in [6.07, 6.45) is 0.712. The fourth-order valence-corrected chi connectivity index (χ4v) is 2.82. The first-order valence-corrected chi connectivity index (χ1v) is 7.92. The van der Waals surface area contributed by atoms with E-state index in [0.29, 0.717) is 12.0 Å². The van der Waals surface area contributed by atoms with Gasteiger partial charge in [0, 0.05) is 12.5 Å². The Hall–Kier alpha value is -2.53. The molecule has 0 saturated carbocycles. The minimum atomic E-state index is -0.567. The highest BCUT2D eigenvalue weighted by Gasteiger charge is 2.22. The van der Waals surface area contributed by atoms with E-state index in [1.165, 1.54) is 6.92 Å². The average Bonchev–Trinajstić information content (AvgIpc) is 3.00. The third-order valence-electron chi connectivity index (χ3n) is 3.76. The first-order chi connectivity index (χ1) is 11.5. The Kier molecular flexibility index (Phi) is 4.44. The Morgan fingerprint density at radius 1 is 1.33 bits per heavy atom. The predicted octanol–water partition coefficient (Wildman–Crippen LogP) is 4.88. The van der Waals surface area contributed by atoms with E-state index in [4.69, 9.17) is 21.0 Å². The lowest BCUT2D eigenvalue weighted by Gasteiger charge is -2.09. The predicted molar refractivity (Wildman–Crippen MR) is 91.0 cm³/mol. The van der Waals surface area contributed by atoms with Gasteiger partial charge >= 0.3 is 5.97 Å². The summed E-state index contributed by atoms with van der Waals surface area (Å²) in [4.78, 5) is 20.5. The molecule has 5 nitrogen and oxygen atoms in total. The van der Waals surface area contributed by atoms with Crippen LogP contribution in [0.2, 0.25) is 5.02 Å². The van der Waals surface area contributed by atoms with Crippen molar-refractivity contribution in [2.45, 2.75) is 27.2 Å². The van der Waals surface area contributed by atoms with Crippen LogP contribution < -0.4 is 4.89 Å². The van der Waals surface area contributed by atoms with Crippen LogP contribution in [0.15, 0.2) is 34.9 Å². The molecule has 3 rings (SSSR count). The van der Waals surface area contributed by atoms with Crippen molar-refractivity contribution in [3.05, 3.63) is 46.5 Å². The minimum absolute atomic E-state index is 0.218. The lowest BCUT2D eigenvalue weighted by atomic mass is 9.98. The molecule has 0 aliphatic heterocycles. The molecule has 1 heterocycles. The number of carbonyl (C=O) groups is 1. The van der Waals surface area contributed by atoms with Gasteiger partial charge in [-0.05, 0) is 30.5 Å². The summed E-state index contributed by atoms with van der Waals surface area (Å²) >= 11 is 6.34. The highest BCUT2D eigenvalue weighted by atomic mass is 35.5. The van der Waals surface area contributed by atoms with Gasteiger partial charge in [-0.1, -0.05) is 47.9 Å². The monoisotopic (exact) mass is 345 g/mol. The summed E-state index contributed by atoms with van der Waals surface area (Å²) in [5.41, 5.74) is 4.16. The van der Waals surface area contributed by atoms with Crippen LogP contribution in [0.1, 0.15) is 25.0 Å². The maximum atomic E-state index is 10.9. The Morgan fingerprint density at radius 3 is 2.75 bits per heavy atom. The molecule has 0 fully saturated rings. The maximum absolute atomic E-state index is 10.9. The van der Waals surface area contributed by atoms with Crippen molar-refractivity contribution >= 4 is 28.5 Å². The molecule has 2 aromatic carbocycles. The summed E-state index contributed by atoms with van der Waals surface area (Å²) in [6.45, 7) is 5.27. The fourth-order valence-electron chi connectivity index (χ4n) is 2.61. The lowest BCUT2D eigenvalue weighted by Crippen LogP contribution is -2.03. The maximum Gasteiger partial charge on any atom is 0.352 e. The van der Waals surface area contributed by atoms with Crippen molar-refractivity contribution in [3.63, 3.8) is 0 Å². The normalized spacial score (nSPS) is 10.8. The van der Waals surface area contributed by atoms with Gasteiger partial charge in [0.25, 0.3) is 0 Å². The molecule has 0 atom stereocenters. The standard InChI is InChI=1S/C18H16ClNO4/c1-4-12-9-14(24-23-11(3)21)16(19)18-15(12)17(20-22-18)13-8-6-5-7-10(13)2/h5-9H,4H2,1-3H3. The van der Waals surface area contributed by atoms with Crippen LogP contribution in [0.25, 0.3) is 22.2 Å². The quantitative estimate of drug-likeness (QED) is 0.498. The number of fused-ring (bicyclic) bond motifs is 1. The summed E-state index contributed by atoms with van der Waals surface area (Å²) in [5, 5.41) is 5.27. The molecule has 0 bridgehead atoms. The molecule has 3 aromatic rings. The molecule has 0 saturated heterocycles. The Labute approximate surface area is 144 Å².